The SMILES string of the molecule is CC(C)C(=O)C(=O)N[C@@H](CCC(=O)O)C(=O)O. The van der Waals surface area contributed by atoms with Crippen LogP contribution in [0.4, 0.5) is 0 Å². The molecule has 7 nitrogen and oxygen atoms in total. The molecule has 17 heavy (non-hydrogen) atoms. The van der Waals surface area contributed by atoms with Crippen molar-refractivity contribution >= 4 is 23.6 Å². The van der Waals surface area contributed by atoms with Gasteiger partial charge in [-0.3, -0.25) is 14.4 Å². The molecular formula is C10H15NO6. The summed E-state index contributed by atoms with van der Waals surface area (Å²) in [6.07, 6.45) is -0.658. The number of hydrogen-bond acceptors (Lipinski definition) is 4. The van der Waals surface area contributed by atoms with Crippen molar-refractivity contribution in [1.29, 1.82) is 0 Å². The minimum Gasteiger partial charge on any atom is -0.481 e. The summed E-state index contributed by atoms with van der Waals surface area (Å²) in [5, 5.41) is 19.1. The molecule has 0 saturated heterocycles. The molecule has 0 aliphatic rings. The number of amides is 1. The van der Waals surface area contributed by atoms with Crippen LogP contribution in [0.1, 0.15) is 26.7 Å². The molecule has 96 valence electrons. The number of aliphatic carboxylic acids is 2. The van der Waals surface area contributed by atoms with Crippen LogP contribution in [-0.2, 0) is 19.2 Å². The van der Waals surface area contributed by atoms with Crippen molar-refractivity contribution in [3.63, 3.8) is 0 Å². The Morgan fingerprint density at radius 2 is 1.65 bits per heavy atom. The quantitative estimate of drug-likeness (QED) is 0.527. The molecule has 0 bridgehead atoms. The van der Waals surface area contributed by atoms with E-state index in [1.807, 2.05) is 5.32 Å². The Labute approximate surface area is 97.8 Å². The van der Waals surface area contributed by atoms with Gasteiger partial charge in [0.1, 0.15) is 6.04 Å². The molecule has 3 N–H and O–H groups in total. The van der Waals surface area contributed by atoms with Crippen LogP contribution in [0, 0.1) is 5.92 Å². The molecule has 0 saturated carbocycles. The van der Waals surface area contributed by atoms with E-state index in [2.05, 4.69) is 0 Å². The zero-order valence-corrected chi connectivity index (χ0v) is 9.60. The third kappa shape index (κ3) is 5.64. The van der Waals surface area contributed by atoms with Gasteiger partial charge in [-0.1, -0.05) is 13.8 Å². The molecule has 0 aromatic heterocycles. The smallest absolute Gasteiger partial charge is 0.326 e. The van der Waals surface area contributed by atoms with Gasteiger partial charge in [0.2, 0.25) is 5.78 Å². The van der Waals surface area contributed by atoms with Crippen LogP contribution in [0.2, 0.25) is 0 Å². The third-order valence-electron chi connectivity index (χ3n) is 2.00. The fourth-order valence-electron chi connectivity index (χ4n) is 1.02. The average molecular weight is 245 g/mol. The van der Waals surface area contributed by atoms with Crippen LogP contribution in [0.5, 0.6) is 0 Å². The Balaban J connectivity index is 4.45. The molecule has 0 aliphatic heterocycles. The third-order valence-corrected chi connectivity index (χ3v) is 2.00. The van der Waals surface area contributed by atoms with Gasteiger partial charge in [-0.15, -0.1) is 0 Å². The van der Waals surface area contributed by atoms with Gasteiger partial charge in [0.05, 0.1) is 0 Å². The van der Waals surface area contributed by atoms with E-state index in [9.17, 15) is 19.2 Å². The molecule has 1 amide bonds. The average Bonchev–Trinajstić information content (AvgIpc) is 2.21. The summed E-state index contributed by atoms with van der Waals surface area (Å²) < 4.78 is 0. The summed E-state index contributed by atoms with van der Waals surface area (Å²) in [6, 6.07) is -1.36. The Hall–Kier alpha value is -1.92. The van der Waals surface area contributed by atoms with Crippen LogP contribution in [-0.4, -0.2) is 39.9 Å². The summed E-state index contributed by atoms with van der Waals surface area (Å²) in [7, 11) is 0. The van der Waals surface area contributed by atoms with E-state index in [-0.39, 0.29) is 6.42 Å². The molecule has 1 atom stereocenters. The van der Waals surface area contributed by atoms with Crippen LogP contribution in [0.3, 0.4) is 0 Å². The van der Waals surface area contributed by atoms with Gasteiger partial charge in [0, 0.05) is 12.3 Å². The molecular weight excluding hydrogens is 230 g/mol. The highest BCUT2D eigenvalue weighted by Gasteiger charge is 2.25. The van der Waals surface area contributed by atoms with Gasteiger partial charge >= 0.3 is 11.9 Å². The van der Waals surface area contributed by atoms with E-state index in [1.165, 1.54) is 13.8 Å². The molecule has 0 rings (SSSR count). The van der Waals surface area contributed by atoms with Crippen LogP contribution in [0.25, 0.3) is 0 Å². The second kappa shape index (κ2) is 6.62. The maximum absolute atomic E-state index is 11.3. The van der Waals surface area contributed by atoms with E-state index in [0.717, 1.165) is 0 Å². The summed E-state index contributed by atoms with van der Waals surface area (Å²) in [6.45, 7) is 3.02. The zero-order valence-electron chi connectivity index (χ0n) is 9.60. The van der Waals surface area contributed by atoms with Crippen molar-refractivity contribution < 1.29 is 29.4 Å². The maximum Gasteiger partial charge on any atom is 0.326 e. The molecule has 0 aromatic rings. The Morgan fingerprint density at radius 3 is 2.00 bits per heavy atom. The van der Waals surface area contributed by atoms with Gasteiger partial charge in [-0.2, -0.15) is 0 Å². The molecule has 0 radical (unpaired) electrons. The Morgan fingerprint density at radius 1 is 1.12 bits per heavy atom. The molecule has 0 aliphatic carbocycles. The molecule has 0 unspecified atom stereocenters. The van der Waals surface area contributed by atoms with Crippen molar-refractivity contribution in [1.82, 2.24) is 5.32 Å². The molecule has 0 spiro atoms. The molecule has 7 heteroatoms. The number of hydrogen-bond donors (Lipinski definition) is 3. The van der Waals surface area contributed by atoms with Crippen LogP contribution in [0.15, 0.2) is 0 Å². The van der Waals surface area contributed by atoms with E-state index >= 15 is 0 Å². The fourth-order valence-corrected chi connectivity index (χ4v) is 1.02. The van der Waals surface area contributed by atoms with Crippen LogP contribution < -0.4 is 5.32 Å². The molecule has 0 aromatic carbocycles. The number of nitrogens with one attached hydrogen (secondary N) is 1. The normalized spacial score (nSPS) is 11.9. The summed E-state index contributed by atoms with van der Waals surface area (Å²) >= 11 is 0. The lowest BCUT2D eigenvalue weighted by molar-refractivity contribution is -0.145. The topological polar surface area (TPSA) is 121 Å². The standard InChI is InChI=1S/C10H15NO6/c1-5(2)8(14)9(15)11-6(10(16)17)3-4-7(12)13/h5-6H,3-4H2,1-2H3,(H,11,15)(H,12,13)(H,16,17)/t6-/m0/s1. The van der Waals surface area contributed by atoms with Gasteiger partial charge < -0.3 is 15.5 Å². The lowest BCUT2D eigenvalue weighted by Crippen LogP contribution is -2.45. The van der Waals surface area contributed by atoms with E-state index in [4.69, 9.17) is 10.2 Å². The highest BCUT2D eigenvalue weighted by atomic mass is 16.4. The van der Waals surface area contributed by atoms with Gasteiger partial charge in [0.25, 0.3) is 5.91 Å². The van der Waals surface area contributed by atoms with Crippen molar-refractivity contribution in [2.45, 2.75) is 32.7 Å². The maximum atomic E-state index is 11.3. The number of carboxylic acids is 2. The lowest BCUT2D eigenvalue weighted by Gasteiger charge is -2.13. The van der Waals surface area contributed by atoms with Gasteiger partial charge in [-0.25, -0.2) is 4.79 Å². The second-order valence-electron chi connectivity index (χ2n) is 3.82. The first-order chi connectivity index (χ1) is 7.75. The fraction of sp³-hybridized carbons (Fsp3) is 0.600. The molecule has 0 fully saturated rings. The summed E-state index contributed by atoms with van der Waals surface area (Å²) in [5.74, 6) is -4.80. The summed E-state index contributed by atoms with van der Waals surface area (Å²) in [5.41, 5.74) is 0. The highest BCUT2D eigenvalue weighted by molar-refractivity contribution is 6.37. The first-order valence-electron chi connectivity index (χ1n) is 5.05. The Bertz CT molecular complexity index is 336. The number of Topliss-reactive ketones (excluding diaryl/α,β-unsaturated/α-hetero) is 1. The van der Waals surface area contributed by atoms with Crippen molar-refractivity contribution in [2.24, 2.45) is 5.92 Å². The zero-order chi connectivity index (χ0) is 13.6. The van der Waals surface area contributed by atoms with Crippen molar-refractivity contribution in [3.05, 3.63) is 0 Å². The first kappa shape index (κ1) is 15.1. The van der Waals surface area contributed by atoms with E-state index in [0.29, 0.717) is 0 Å². The predicted molar refractivity (Wildman–Crippen MR) is 56.3 cm³/mol. The number of ketones is 1. The van der Waals surface area contributed by atoms with Crippen molar-refractivity contribution in [3.8, 4) is 0 Å². The number of carbonyl (C=O) groups excluding carboxylic acids is 2. The van der Waals surface area contributed by atoms with E-state index in [1.54, 1.807) is 0 Å². The predicted octanol–water partition coefficient (Wildman–Crippen LogP) is -0.354. The minimum atomic E-state index is -1.36. The van der Waals surface area contributed by atoms with Gasteiger partial charge in [0.15, 0.2) is 0 Å². The lowest BCUT2D eigenvalue weighted by atomic mass is 10.1. The Kier molecular flexibility index (Phi) is 5.87. The van der Waals surface area contributed by atoms with Gasteiger partial charge in [-0.05, 0) is 6.42 Å². The second-order valence-corrected chi connectivity index (χ2v) is 3.82. The minimum absolute atomic E-state index is 0.262. The highest BCUT2D eigenvalue weighted by Crippen LogP contribution is 2.00. The monoisotopic (exact) mass is 245 g/mol. The molecule has 0 heterocycles. The number of carboxylic acid groups (broad SMARTS) is 2. The van der Waals surface area contributed by atoms with E-state index < -0.39 is 42.0 Å². The van der Waals surface area contributed by atoms with Crippen LogP contribution >= 0.6 is 0 Å². The number of rotatable bonds is 7. The van der Waals surface area contributed by atoms with Crippen molar-refractivity contribution in [2.75, 3.05) is 0 Å². The largest absolute Gasteiger partial charge is 0.481 e. The summed E-state index contributed by atoms with van der Waals surface area (Å²) in [4.78, 5) is 43.5. The number of carbonyl (C=O) groups is 4. The first-order valence-corrected chi connectivity index (χ1v) is 5.05.